The zero-order chi connectivity index (χ0) is 13.2. The SMILES string of the molecule is O=Cc1cc(CN2CCCC2)c(O)c2ccccc12. The Balaban J connectivity index is 2.08. The number of nitrogens with zero attached hydrogens (tertiary/aromatic N) is 1. The molecule has 1 N–H and O–H groups in total. The molecule has 1 saturated heterocycles. The van der Waals surface area contributed by atoms with Crippen molar-refractivity contribution in [1.82, 2.24) is 4.90 Å². The van der Waals surface area contributed by atoms with Gasteiger partial charge in [0.25, 0.3) is 0 Å². The standard InChI is InChI=1S/C16H17NO2/c18-11-13-9-12(10-17-7-3-4-8-17)16(19)15-6-2-1-5-14(13)15/h1-2,5-6,9,11,19H,3-4,7-8,10H2. The molecule has 0 amide bonds. The number of phenols is 1. The van der Waals surface area contributed by atoms with Crippen LogP contribution < -0.4 is 0 Å². The van der Waals surface area contributed by atoms with Gasteiger partial charge in [-0.2, -0.15) is 0 Å². The second-order valence-corrected chi connectivity index (χ2v) is 5.12. The molecule has 0 saturated carbocycles. The van der Waals surface area contributed by atoms with Crippen LogP contribution >= 0.6 is 0 Å². The van der Waals surface area contributed by atoms with E-state index in [1.807, 2.05) is 30.3 Å². The Kier molecular flexibility index (Phi) is 3.22. The van der Waals surface area contributed by atoms with E-state index >= 15 is 0 Å². The van der Waals surface area contributed by atoms with Crippen LogP contribution in [0.25, 0.3) is 10.8 Å². The minimum atomic E-state index is 0.313. The van der Waals surface area contributed by atoms with E-state index in [9.17, 15) is 9.90 Å². The first kappa shape index (κ1) is 12.2. The number of hydrogen-bond donors (Lipinski definition) is 1. The monoisotopic (exact) mass is 255 g/mol. The quantitative estimate of drug-likeness (QED) is 0.857. The molecule has 98 valence electrons. The Bertz CT molecular complexity index is 615. The first-order chi connectivity index (χ1) is 9.29. The van der Waals surface area contributed by atoms with Crippen molar-refractivity contribution in [3.05, 3.63) is 41.5 Å². The third-order valence-corrected chi connectivity index (χ3v) is 3.85. The fourth-order valence-electron chi connectivity index (χ4n) is 2.85. The van der Waals surface area contributed by atoms with Gasteiger partial charge in [-0.25, -0.2) is 0 Å². The summed E-state index contributed by atoms with van der Waals surface area (Å²) in [7, 11) is 0. The van der Waals surface area contributed by atoms with Crippen molar-refractivity contribution in [3.8, 4) is 5.75 Å². The van der Waals surface area contributed by atoms with E-state index in [1.54, 1.807) is 0 Å². The summed E-state index contributed by atoms with van der Waals surface area (Å²) in [5, 5.41) is 12.0. The summed E-state index contributed by atoms with van der Waals surface area (Å²) in [6.45, 7) is 2.86. The molecular weight excluding hydrogens is 238 g/mol. The summed E-state index contributed by atoms with van der Waals surface area (Å²) < 4.78 is 0. The first-order valence-corrected chi connectivity index (χ1v) is 6.70. The largest absolute Gasteiger partial charge is 0.507 e. The Morgan fingerprint density at radius 3 is 2.53 bits per heavy atom. The van der Waals surface area contributed by atoms with Gasteiger partial charge in [0.05, 0.1) is 0 Å². The zero-order valence-electron chi connectivity index (χ0n) is 10.8. The van der Waals surface area contributed by atoms with Crippen molar-refractivity contribution in [2.75, 3.05) is 13.1 Å². The maximum Gasteiger partial charge on any atom is 0.150 e. The molecule has 0 unspecified atom stereocenters. The molecule has 3 rings (SSSR count). The molecule has 0 aromatic heterocycles. The summed E-state index contributed by atoms with van der Waals surface area (Å²) in [5.41, 5.74) is 1.50. The highest BCUT2D eigenvalue weighted by Gasteiger charge is 2.16. The van der Waals surface area contributed by atoms with Crippen LogP contribution in [0.15, 0.2) is 30.3 Å². The molecule has 2 aromatic carbocycles. The van der Waals surface area contributed by atoms with Crippen LogP contribution in [0.4, 0.5) is 0 Å². The highest BCUT2D eigenvalue weighted by Crippen LogP contribution is 2.32. The van der Waals surface area contributed by atoms with Gasteiger partial charge in [-0.05, 0) is 37.4 Å². The van der Waals surface area contributed by atoms with Crippen molar-refractivity contribution in [3.63, 3.8) is 0 Å². The van der Waals surface area contributed by atoms with Gasteiger partial charge in [-0.1, -0.05) is 24.3 Å². The lowest BCUT2D eigenvalue weighted by molar-refractivity contribution is 0.112. The average molecular weight is 255 g/mol. The van der Waals surface area contributed by atoms with Crippen molar-refractivity contribution >= 4 is 17.1 Å². The number of hydrogen-bond acceptors (Lipinski definition) is 3. The fourth-order valence-corrected chi connectivity index (χ4v) is 2.85. The maximum absolute atomic E-state index is 11.2. The summed E-state index contributed by atoms with van der Waals surface area (Å²) >= 11 is 0. The van der Waals surface area contributed by atoms with Gasteiger partial charge in [0, 0.05) is 23.1 Å². The smallest absolute Gasteiger partial charge is 0.150 e. The van der Waals surface area contributed by atoms with Crippen LogP contribution in [0.2, 0.25) is 0 Å². The lowest BCUT2D eigenvalue weighted by Crippen LogP contribution is -2.18. The van der Waals surface area contributed by atoms with Gasteiger partial charge in [0.1, 0.15) is 5.75 Å². The van der Waals surface area contributed by atoms with Gasteiger partial charge in [-0.15, -0.1) is 0 Å². The fraction of sp³-hybridized carbons (Fsp3) is 0.312. The summed E-state index contributed by atoms with van der Waals surface area (Å²) in [6, 6.07) is 9.33. The summed E-state index contributed by atoms with van der Waals surface area (Å²) in [5.74, 6) is 0.313. The van der Waals surface area contributed by atoms with Gasteiger partial charge in [-0.3, -0.25) is 9.69 Å². The van der Waals surface area contributed by atoms with E-state index in [-0.39, 0.29) is 0 Å². The molecule has 0 radical (unpaired) electrons. The van der Waals surface area contributed by atoms with Crippen LogP contribution in [0.3, 0.4) is 0 Å². The molecule has 19 heavy (non-hydrogen) atoms. The second kappa shape index (κ2) is 5.02. The lowest BCUT2D eigenvalue weighted by atomic mass is 10.00. The number of aldehydes is 1. The Morgan fingerprint density at radius 2 is 1.84 bits per heavy atom. The van der Waals surface area contributed by atoms with E-state index in [1.165, 1.54) is 12.8 Å². The number of benzene rings is 2. The molecule has 2 aromatic rings. The Hall–Kier alpha value is -1.87. The third kappa shape index (κ3) is 2.22. The summed E-state index contributed by atoms with van der Waals surface area (Å²) in [4.78, 5) is 13.5. The number of rotatable bonds is 3. The number of carbonyl (C=O) groups excluding carboxylic acids is 1. The van der Waals surface area contributed by atoms with Crippen molar-refractivity contribution < 1.29 is 9.90 Å². The minimum Gasteiger partial charge on any atom is -0.507 e. The van der Waals surface area contributed by atoms with E-state index in [2.05, 4.69) is 4.90 Å². The molecule has 1 aliphatic rings. The highest BCUT2D eigenvalue weighted by atomic mass is 16.3. The molecule has 0 bridgehead atoms. The van der Waals surface area contributed by atoms with Crippen molar-refractivity contribution in [1.29, 1.82) is 0 Å². The molecular formula is C16H17NO2. The van der Waals surface area contributed by atoms with Gasteiger partial charge in [0.2, 0.25) is 0 Å². The van der Waals surface area contributed by atoms with Crippen LogP contribution in [-0.2, 0) is 6.54 Å². The molecule has 0 atom stereocenters. The molecule has 0 aliphatic carbocycles. The molecule has 1 heterocycles. The predicted octanol–water partition coefficient (Wildman–Crippen LogP) is 2.95. The topological polar surface area (TPSA) is 40.5 Å². The normalized spacial score (nSPS) is 16.0. The van der Waals surface area contributed by atoms with Crippen LogP contribution in [0.1, 0.15) is 28.8 Å². The number of fused-ring (bicyclic) bond motifs is 1. The zero-order valence-corrected chi connectivity index (χ0v) is 10.8. The molecule has 0 spiro atoms. The van der Waals surface area contributed by atoms with Crippen molar-refractivity contribution in [2.24, 2.45) is 0 Å². The lowest BCUT2D eigenvalue weighted by Gasteiger charge is -2.17. The van der Waals surface area contributed by atoms with E-state index in [0.717, 1.165) is 42.3 Å². The van der Waals surface area contributed by atoms with Crippen LogP contribution in [0, 0.1) is 0 Å². The predicted molar refractivity (Wildman–Crippen MR) is 75.5 cm³/mol. The van der Waals surface area contributed by atoms with Crippen LogP contribution in [0.5, 0.6) is 5.75 Å². The maximum atomic E-state index is 11.2. The average Bonchev–Trinajstić information content (AvgIpc) is 2.95. The van der Waals surface area contributed by atoms with Gasteiger partial charge in [0.15, 0.2) is 6.29 Å². The first-order valence-electron chi connectivity index (χ1n) is 6.70. The molecule has 1 fully saturated rings. The van der Waals surface area contributed by atoms with Crippen LogP contribution in [-0.4, -0.2) is 29.4 Å². The summed E-state index contributed by atoms with van der Waals surface area (Å²) in [6.07, 6.45) is 3.30. The van der Waals surface area contributed by atoms with E-state index in [4.69, 9.17) is 0 Å². The number of phenolic OH excluding ortho intramolecular Hbond substituents is 1. The Morgan fingerprint density at radius 1 is 1.16 bits per heavy atom. The number of aromatic hydroxyl groups is 1. The Labute approximate surface area is 112 Å². The molecule has 1 aliphatic heterocycles. The molecule has 3 heteroatoms. The van der Waals surface area contributed by atoms with E-state index in [0.29, 0.717) is 11.3 Å². The van der Waals surface area contributed by atoms with Gasteiger partial charge >= 0.3 is 0 Å². The number of likely N-dealkylation sites (tertiary alicyclic amines) is 1. The molecule has 3 nitrogen and oxygen atoms in total. The third-order valence-electron chi connectivity index (χ3n) is 3.85. The second-order valence-electron chi connectivity index (χ2n) is 5.12. The highest BCUT2D eigenvalue weighted by molar-refractivity contribution is 6.01. The minimum absolute atomic E-state index is 0.313. The number of carbonyl (C=O) groups is 1. The van der Waals surface area contributed by atoms with E-state index < -0.39 is 0 Å². The van der Waals surface area contributed by atoms with Gasteiger partial charge < -0.3 is 5.11 Å². The van der Waals surface area contributed by atoms with Crippen molar-refractivity contribution in [2.45, 2.75) is 19.4 Å².